The molecule has 2 fully saturated rings. The molecule has 2 heterocycles. The fraction of sp³-hybridized carbons (Fsp3) is 0.500. The van der Waals surface area contributed by atoms with Crippen molar-refractivity contribution in [2.45, 2.75) is 17.4 Å². The van der Waals surface area contributed by atoms with E-state index in [0.29, 0.717) is 13.2 Å². The maximum atomic E-state index is 12.9. The van der Waals surface area contributed by atoms with Crippen molar-refractivity contribution >= 4 is 22.0 Å². The number of sulfonamides is 1. The maximum absolute atomic E-state index is 12.9. The molecule has 0 saturated carbocycles. The summed E-state index contributed by atoms with van der Waals surface area (Å²) < 4.78 is 47.3. The lowest BCUT2D eigenvalue weighted by Crippen LogP contribution is -2.40. The van der Waals surface area contributed by atoms with Crippen LogP contribution in [0.2, 0.25) is 0 Å². The van der Waals surface area contributed by atoms with Crippen molar-refractivity contribution in [3.63, 3.8) is 0 Å². The third-order valence-electron chi connectivity index (χ3n) is 4.12. The molecule has 0 aliphatic carbocycles. The first-order chi connectivity index (χ1) is 12.4. The average molecular weight is 385 g/mol. The van der Waals surface area contributed by atoms with Crippen molar-refractivity contribution in [2.75, 3.05) is 40.0 Å². The number of methoxy groups -OCH3 is 1. The molecule has 0 N–H and O–H groups in total. The van der Waals surface area contributed by atoms with Crippen LogP contribution >= 0.6 is 0 Å². The Morgan fingerprint density at radius 1 is 1.23 bits per heavy atom. The van der Waals surface area contributed by atoms with E-state index in [1.165, 1.54) is 29.6 Å². The minimum Gasteiger partial charge on any atom is -0.495 e. The van der Waals surface area contributed by atoms with Gasteiger partial charge in [0.15, 0.2) is 0 Å². The molecule has 1 aromatic rings. The molecule has 1 atom stereocenters. The van der Waals surface area contributed by atoms with E-state index < -0.39 is 28.1 Å². The lowest BCUT2D eigenvalue weighted by Gasteiger charge is -2.26. The zero-order chi connectivity index (χ0) is 18.7. The van der Waals surface area contributed by atoms with E-state index in [1.54, 1.807) is 0 Å². The molecule has 0 aromatic heterocycles. The monoisotopic (exact) mass is 385 g/mol. The summed E-state index contributed by atoms with van der Waals surface area (Å²) in [6.07, 6.45) is -0.691. The van der Waals surface area contributed by atoms with Gasteiger partial charge in [0.2, 0.25) is 16.1 Å². The van der Waals surface area contributed by atoms with Crippen molar-refractivity contribution in [2.24, 2.45) is 0 Å². The number of morpholine rings is 1. The first kappa shape index (κ1) is 18.6. The van der Waals surface area contributed by atoms with E-state index in [2.05, 4.69) is 0 Å². The molecule has 0 bridgehead atoms. The summed E-state index contributed by atoms with van der Waals surface area (Å²) in [5, 5.41) is 0. The third kappa shape index (κ3) is 3.67. The van der Waals surface area contributed by atoms with E-state index >= 15 is 0 Å². The van der Waals surface area contributed by atoms with Gasteiger partial charge < -0.3 is 18.9 Å². The lowest BCUT2D eigenvalue weighted by atomic mass is 10.2. The molecular weight excluding hydrogens is 366 g/mol. The van der Waals surface area contributed by atoms with Crippen LogP contribution in [0.15, 0.2) is 23.1 Å². The topological polar surface area (TPSA) is 108 Å². The van der Waals surface area contributed by atoms with E-state index in [1.807, 2.05) is 0 Å². The number of hydrogen-bond acceptors (Lipinski definition) is 8. The Bertz CT molecular complexity index is 800. The van der Waals surface area contributed by atoms with Crippen molar-refractivity contribution in [3.05, 3.63) is 23.8 Å². The summed E-state index contributed by atoms with van der Waals surface area (Å²) in [7, 11) is -2.52. The molecule has 142 valence electrons. The van der Waals surface area contributed by atoms with Crippen LogP contribution < -0.4 is 4.74 Å². The van der Waals surface area contributed by atoms with Gasteiger partial charge in [-0.15, -0.1) is 0 Å². The maximum Gasteiger partial charge on any atom is 0.347 e. The minimum atomic E-state index is -3.87. The Balaban J connectivity index is 1.88. The first-order valence-electron chi connectivity index (χ1n) is 8.07. The van der Waals surface area contributed by atoms with Crippen LogP contribution in [0.25, 0.3) is 0 Å². The van der Waals surface area contributed by atoms with E-state index in [-0.39, 0.29) is 42.3 Å². The molecule has 0 spiro atoms. The predicted molar refractivity (Wildman–Crippen MR) is 87.4 cm³/mol. The van der Waals surface area contributed by atoms with E-state index in [4.69, 9.17) is 18.9 Å². The van der Waals surface area contributed by atoms with Gasteiger partial charge in [0.25, 0.3) is 0 Å². The van der Waals surface area contributed by atoms with Gasteiger partial charge in [0, 0.05) is 19.5 Å². The first-order valence-corrected chi connectivity index (χ1v) is 9.51. The van der Waals surface area contributed by atoms with Gasteiger partial charge in [0.05, 0.1) is 32.5 Å². The molecule has 2 aliphatic heterocycles. The largest absolute Gasteiger partial charge is 0.495 e. The van der Waals surface area contributed by atoms with Crippen LogP contribution in [-0.2, 0) is 29.0 Å². The highest BCUT2D eigenvalue weighted by Gasteiger charge is 2.33. The van der Waals surface area contributed by atoms with Crippen molar-refractivity contribution in [1.82, 2.24) is 4.31 Å². The summed E-state index contributed by atoms with van der Waals surface area (Å²) in [4.78, 5) is 23.6. The highest BCUT2D eigenvalue weighted by atomic mass is 32.2. The number of hydrogen-bond donors (Lipinski definition) is 0. The number of carbonyl (C=O) groups excluding carboxylic acids is 2. The number of rotatable bonds is 5. The van der Waals surface area contributed by atoms with Crippen molar-refractivity contribution < 1.29 is 37.0 Å². The Morgan fingerprint density at radius 3 is 2.58 bits per heavy atom. The van der Waals surface area contributed by atoms with Gasteiger partial charge in [-0.1, -0.05) is 0 Å². The second-order valence-corrected chi connectivity index (χ2v) is 7.64. The summed E-state index contributed by atoms with van der Waals surface area (Å²) >= 11 is 0. The van der Waals surface area contributed by atoms with Crippen molar-refractivity contribution in [1.29, 1.82) is 0 Å². The van der Waals surface area contributed by atoms with Gasteiger partial charge in [-0.3, -0.25) is 0 Å². The average Bonchev–Trinajstić information content (AvgIpc) is 3.06. The van der Waals surface area contributed by atoms with Crippen LogP contribution in [-0.4, -0.2) is 70.8 Å². The number of carbonyl (C=O) groups is 2. The molecule has 0 amide bonds. The standard InChI is InChI=1S/C16H19NO8S/c1-22-12-3-2-11(15(18)25-13-4-7-24-16(13)19)10-14(12)26(20,21)17-5-8-23-9-6-17/h2-3,10,13H,4-9H2,1H3/t13-/m0/s1. The summed E-state index contributed by atoms with van der Waals surface area (Å²) in [5.41, 5.74) is 0.0114. The van der Waals surface area contributed by atoms with Crippen LogP contribution in [0.1, 0.15) is 16.8 Å². The molecule has 9 nitrogen and oxygen atoms in total. The smallest absolute Gasteiger partial charge is 0.347 e. The second-order valence-electron chi connectivity index (χ2n) is 5.73. The zero-order valence-corrected chi connectivity index (χ0v) is 15.0. The molecule has 10 heteroatoms. The molecule has 0 radical (unpaired) electrons. The number of cyclic esters (lactones) is 1. The minimum absolute atomic E-state index is 0.0114. The molecule has 2 aliphatic rings. The highest BCUT2D eigenvalue weighted by Crippen LogP contribution is 2.29. The number of ether oxygens (including phenoxy) is 4. The normalized spacial score (nSPS) is 21.3. The fourth-order valence-corrected chi connectivity index (χ4v) is 4.30. The van der Waals surface area contributed by atoms with Gasteiger partial charge in [-0.25, -0.2) is 18.0 Å². The zero-order valence-electron chi connectivity index (χ0n) is 14.2. The summed E-state index contributed by atoms with van der Waals surface area (Å²) in [5.74, 6) is -1.28. The summed E-state index contributed by atoms with van der Waals surface area (Å²) in [6.45, 7) is 1.22. The Hall–Kier alpha value is -2.17. The van der Waals surface area contributed by atoms with E-state index in [9.17, 15) is 18.0 Å². The van der Waals surface area contributed by atoms with Crippen LogP contribution in [0.4, 0.5) is 0 Å². The van der Waals surface area contributed by atoms with E-state index in [0.717, 1.165) is 0 Å². The number of esters is 2. The number of nitrogens with zero attached hydrogens (tertiary/aromatic N) is 1. The molecule has 1 aromatic carbocycles. The quantitative estimate of drug-likeness (QED) is 0.661. The van der Waals surface area contributed by atoms with Gasteiger partial charge in [-0.05, 0) is 18.2 Å². The highest BCUT2D eigenvalue weighted by molar-refractivity contribution is 7.89. The lowest BCUT2D eigenvalue weighted by molar-refractivity contribution is -0.145. The van der Waals surface area contributed by atoms with Crippen LogP contribution in [0.3, 0.4) is 0 Å². The van der Waals surface area contributed by atoms with Crippen LogP contribution in [0.5, 0.6) is 5.75 Å². The predicted octanol–water partition coefficient (Wildman–Crippen LogP) is 0.188. The van der Waals surface area contributed by atoms with Gasteiger partial charge >= 0.3 is 11.9 Å². The summed E-state index contributed by atoms with van der Waals surface area (Å²) in [6, 6.07) is 3.98. The third-order valence-corrected chi connectivity index (χ3v) is 6.04. The molecule has 3 rings (SSSR count). The molecule has 0 unspecified atom stereocenters. The Labute approximate surface area is 150 Å². The van der Waals surface area contributed by atoms with Crippen molar-refractivity contribution in [3.8, 4) is 5.75 Å². The molecular formula is C16H19NO8S. The van der Waals surface area contributed by atoms with Gasteiger partial charge in [0.1, 0.15) is 10.6 Å². The number of benzene rings is 1. The molecule has 2 saturated heterocycles. The fourth-order valence-electron chi connectivity index (χ4n) is 2.71. The SMILES string of the molecule is COc1ccc(C(=O)O[C@H]2CCOC2=O)cc1S(=O)(=O)N1CCOCC1. The van der Waals surface area contributed by atoms with Gasteiger partial charge in [-0.2, -0.15) is 4.31 Å². The van der Waals surface area contributed by atoms with Crippen LogP contribution in [0, 0.1) is 0 Å². The molecule has 26 heavy (non-hydrogen) atoms. The Morgan fingerprint density at radius 2 is 1.96 bits per heavy atom. The second kappa shape index (κ2) is 7.60. The Kier molecular flexibility index (Phi) is 5.44.